The molecular formula is C22H30. The quantitative estimate of drug-likeness (QED) is 0.514. The van der Waals surface area contributed by atoms with E-state index in [1.807, 2.05) is 0 Å². The normalized spacial score (nSPS) is 13.0. The fourth-order valence-corrected chi connectivity index (χ4v) is 4.06. The lowest BCUT2D eigenvalue weighted by molar-refractivity contribution is 0.275. The van der Waals surface area contributed by atoms with E-state index in [4.69, 9.17) is 0 Å². The summed E-state index contributed by atoms with van der Waals surface area (Å²) in [6.45, 7) is 7.01. The number of benzene rings is 2. The fourth-order valence-electron chi connectivity index (χ4n) is 4.06. The molecule has 0 bridgehead atoms. The van der Waals surface area contributed by atoms with Gasteiger partial charge in [0.05, 0.1) is 0 Å². The summed E-state index contributed by atoms with van der Waals surface area (Å²) < 4.78 is 0. The summed E-state index contributed by atoms with van der Waals surface area (Å²) in [5, 5.41) is 0. The van der Waals surface area contributed by atoms with Gasteiger partial charge in [-0.15, -0.1) is 0 Å². The topological polar surface area (TPSA) is 0 Å². The molecule has 0 aliphatic heterocycles. The van der Waals surface area contributed by atoms with Gasteiger partial charge in [0.15, 0.2) is 0 Å². The van der Waals surface area contributed by atoms with Crippen molar-refractivity contribution in [2.75, 3.05) is 0 Å². The van der Waals surface area contributed by atoms with Crippen LogP contribution in [0.4, 0.5) is 0 Å². The van der Waals surface area contributed by atoms with Gasteiger partial charge in [0.1, 0.15) is 0 Å². The van der Waals surface area contributed by atoms with Crippen LogP contribution in [0.1, 0.15) is 64.0 Å². The van der Waals surface area contributed by atoms with Crippen LogP contribution >= 0.6 is 0 Å². The smallest absolute Gasteiger partial charge is 0.0228 e. The van der Waals surface area contributed by atoms with Crippen LogP contribution in [0.25, 0.3) is 0 Å². The predicted molar refractivity (Wildman–Crippen MR) is 97.3 cm³/mol. The van der Waals surface area contributed by atoms with Crippen LogP contribution in [0.5, 0.6) is 0 Å². The van der Waals surface area contributed by atoms with Crippen molar-refractivity contribution < 1.29 is 0 Å². The molecule has 2 aromatic rings. The van der Waals surface area contributed by atoms with E-state index >= 15 is 0 Å². The van der Waals surface area contributed by atoms with Crippen molar-refractivity contribution in [2.24, 2.45) is 5.92 Å². The zero-order chi connectivity index (χ0) is 15.8. The largest absolute Gasteiger partial charge is 0.0654 e. The maximum Gasteiger partial charge on any atom is 0.0228 e. The summed E-state index contributed by atoms with van der Waals surface area (Å²) in [5.74, 6) is 0.697. The molecule has 0 saturated carbocycles. The van der Waals surface area contributed by atoms with Crippen LogP contribution in [0, 0.1) is 5.92 Å². The monoisotopic (exact) mass is 294 g/mol. The molecule has 0 heterocycles. The van der Waals surface area contributed by atoms with E-state index in [2.05, 4.69) is 81.4 Å². The molecule has 0 aliphatic carbocycles. The van der Waals surface area contributed by atoms with Gasteiger partial charge < -0.3 is 0 Å². The van der Waals surface area contributed by atoms with Gasteiger partial charge in [0, 0.05) is 5.41 Å². The Kier molecular flexibility index (Phi) is 6.24. The summed E-state index contributed by atoms with van der Waals surface area (Å²) in [6, 6.07) is 22.3. The minimum absolute atomic E-state index is 0.145. The van der Waals surface area contributed by atoms with E-state index in [0.717, 1.165) is 6.42 Å². The highest BCUT2D eigenvalue weighted by Crippen LogP contribution is 2.45. The Morgan fingerprint density at radius 3 is 1.64 bits per heavy atom. The van der Waals surface area contributed by atoms with Crippen molar-refractivity contribution in [3.63, 3.8) is 0 Å². The van der Waals surface area contributed by atoms with Gasteiger partial charge >= 0.3 is 0 Å². The zero-order valence-corrected chi connectivity index (χ0v) is 14.4. The van der Waals surface area contributed by atoms with E-state index in [1.54, 1.807) is 0 Å². The Hall–Kier alpha value is -1.56. The van der Waals surface area contributed by atoms with Crippen molar-refractivity contribution >= 4 is 0 Å². The summed E-state index contributed by atoms with van der Waals surface area (Å²) >= 11 is 0. The second kappa shape index (κ2) is 8.17. The average Bonchev–Trinajstić information content (AvgIpc) is 2.60. The molecule has 0 nitrogen and oxygen atoms in total. The molecule has 118 valence electrons. The highest BCUT2D eigenvalue weighted by Gasteiger charge is 2.38. The van der Waals surface area contributed by atoms with Gasteiger partial charge in [-0.2, -0.15) is 0 Å². The van der Waals surface area contributed by atoms with Crippen LogP contribution in [0.3, 0.4) is 0 Å². The lowest BCUT2D eigenvalue weighted by atomic mass is 9.62. The van der Waals surface area contributed by atoms with Crippen molar-refractivity contribution in [2.45, 2.75) is 58.3 Å². The van der Waals surface area contributed by atoms with E-state index < -0.39 is 0 Å². The van der Waals surface area contributed by atoms with Gasteiger partial charge in [-0.25, -0.2) is 0 Å². The first-order valence-electron chi connectivity index (χ1n) is 8.90. The van der Waals surface area contributed by atoms with Crippen LogP contribution in [0.2, 0.25) is 0 Å². The first-order chi connectivity index (χ1) is 10.8. The van der Waals surface area contributed by atoms with Gasteiger partial charge in [-0.1, -0.05) is 101 Å². The summed E-state index contributed by atoms with van der Waals surface area (Å²) in [5.41, 5.74) is 3.10. The summed E-state index contributed by atoms with van der Waals surface area (Å²) in [4.78, 5) is 0. The fraction of sp³-hybridized carbons (Fsp3) is 0.455. The van der Waals surface area contributed by atoms with Crippen molar-refractivity contribution in [1.29, 1.82) is 0 Å². The highest BCUT2D eigenvalue weighted by atomic mass is 14.4. The molecule has 1 atom stereocenters. The Bertz CT molecular complexity index is 487. The Morgan fingerprint density at radius 2 is 1.27 bits per heavy atom. The molecule has 0 spiro atoms. The lowest BCUT2D eigenvalue weighted by Gasteiger charge is -2.41. The van der Waals surface area contributed by atoms with E-state index in [0.29, 0.717) is 5.92 Å². The minimum Gasteiger partial charge on any atom is -0.0654 e. The maximum absolute atomic E-state index is 2.36. The van der Waals surface area contributed by atoms with Gasteiger partial charge in [0.2, 0.25) is 0 Å². The third-order valence-electron chi connectivity index (χ3n) is 5.23. The third kappa shape index (κ3) is 3.27. The molecule has 0 fully saturated rings. The summed E-state index contributed by atoms with van der Waals surface area (Å²) in [7, 11) is 0. The molecule has 1 unspecified atom stereocenters. The third-order valence-corrected chi connectivity index (χ3v) is 5.23. The van der Waals surface area contributed by atoms with Gasteiger partial charge in [0.25, 0.3) is 0 Å². The average molecular weight is 294 g/mol. The maximum atomic E-state index is 2.36. The molecular weight excluding hydrogens is 264 g/mol. The predicted octanol–water partition coefficient (Wildman–Crippen LogP) is 6.60. The molecule has 0 aliphatic rings. The first kappa shape index (κ1) is 16.8. The second-order valence-electron chi connectivity index (χ2n) is 6.30. The zero-order valence-electron chi connectivity index (χ0n) is 14.4. The summed E-state index contributed by atoms with van der Waals surface area (Å²) in [6.07, 6.45) is 6.30. The molecule has 0 N–H and O–H groups in total. The standard InChI is InChI=1S/C22H30/c1-4-7-14-19(5-2)22(6-3,20-15-10-8-11-16-20)21-17-12-9-13-18-21/h8-13,15-19H,4-7,14H2,1-3H3. The molecule has 0 radical (unpaired) electrons. The Balaban J connectivity index is 2.56. The molecule has 0 saturated heterocycles. The van der Waals surface area contributed by atoms with Crippen molar-refractivity contribution in [3.05, 3.63) is 71.8 Å². The Morgan fingerprint density at radius 1 is 0.773 bits per heavy atom. The second-order valence-corrected chi connectivity index (χ2v) is 6.30. The van der Waals surface area contributed by atoms with Crippen LogP contribution in [-0.4, -0.2) is 0 Å². The first-order valence-corrected chi connectivity index (χ1v) is 8.90. The van der Waals surface area contributed by atoms with Crippen molar-refractivity contribution in [1.82, 2.24) is 0 Å². The van der Waals surface area contributed by atoms with Gasteiger partial charge in [-0.3, -0.25) is 0 Å². The highest BCUT2D eigenvalue weighted by molar-refractivity contribution is 5.40. The van der Waals surface area contributed by atoms with Gasteiger partial charge in [-0.05, 0) is 29.9 Å². The number of hydrogen-bond acceptors (Lipinski definition) is 0. The number of unbranched alkanes of at least 4 members (excludes halogenated alkanes) is 1. The van der Waals surface area contributed by atoms with Crippen LogP contribution in [-0.2, 0) is 5.41 Å². The molecule has 22 heavy (non-hydrogen) atoms. The molecule has 0 heteroatoms. The number of hydrogen-bond donors (Lipinski definition) is 0. The number of rotatable bonds is 8. The van der Waals surface area contributed by atoms with Crippen LogP contribution in [0.15, 0.2) is 60.7 Å². The minimum atomic E-state index is 0.145. The van der Waals surface area contributed by atoms with Crippen LogP contribution < -0.4 is 0 Å². The van der Waals surface area contributed by atoms with Crippen molar-refractivity contribution in [3.8, 4) is 0 Å². The Labute approximate surface area is 136 Å². The lowest BCUT2D eigenvalue weighted by Crippen LogP contribution is -2.36. The van der Waals surface area contributed by atoms with E-state index in [1.165, 1.54) is 36.8 Å². The molecule has 0 aromatic heterocycles. The molecule has 0 amide bonds. The molecule has 2 aromatic carbocycles. The van der Waals surface area contributed by atoms with E-state index in [9.17, 15) is 0 Å². The SMILES string of the molecule is CCCCC(CC)C(CC)(c1ccccc1)c1ccccc1. The molecule has 2 rings (SSSR count). The van der Waals surface area contributed by atoms with E-state index in [-0.39, 0.29) is 5.41 Å².